The number of ether oxygens (including phenoxy) is 1. The minimum absolute atomic E-state index is 0.0697. The zero-order chi connectivity index (χ0) is 21.6. The van der Waals surface area contributed by atoms with Gasteiger partial charge in [-0.15, -0.1) is 11.3 Å². The van der Waals surface area contributed by atoms with Gasteiger partial charge in [0.2, 0.25) is 5.91 Å². The lowest BCUT2D eigenvalue weighted by atomic mass is 9.93. The summed E-state index contributed by atoms with van der Waals surface area (Å²) >= 11 is 1.61. The molecule has 5 rings (SSSR count). The summed E-state index contributed by atoms with van der Waals surface area (Å²) in [6.07, 6.45) is 4.31. The van der Waals surface area contributed by atoms with Gasteiger partial charge >= 0.3 is 0 Å². The van der Waals surface area contributed by atoms with Crippen molar-refractivity contribution in [1.82, 2.24) is 14.8 Å². The Morgan fingerprint density at radius 2 is 2.06 bits per heavy atom. The Morgan fingerprint density at radius 1 is 1.26 bits per heavy atom. The topological polar surface area (TPSA) is 63.6 Å². The number of methoxy groups -OCH3 is 1. The van der Waals surface area contributed by atoms with Crippen LogP contribution in [0.5, 0.6) is 5.75 Å². The first kappa shape index (κ1) is 20.1. The van der Waals surface area contributed by atoms with Crippen LogP contribution in [0.1, 0.15) is 48.7 Å². The van der Waals surface area contributed by atoms with Crippen LogP contribution in [-0.4, -0.2) is 40.0 Å². The van der Waals surface area contributed by atoms with Crippen molar-refractivity contribution in [3.8, 4) is 5.75 Å². The Hall–Kier alpha value is -2.80. The molecular weight excluding hydrogens is 410 g/mol. The van der Waals surface area contributed by atoms with Crippen LogP contribution in [0.4, 0.5) is 0 Å². The van der Waals surface area contributed by atoms with Crippen molar-refractivity contribution in [1.29, 1.82) is 0 Å². The fourth-order valence-corrected chi connectivity index (χ4v) is 5.77. The minimum atomic E-state index is -0.980. The summed E-state index contributed by atoms with van der Waals surface area (Å²) < 4.78 is 7.39. The summed E-state index contributed by atoms with van der Waals surface area (Å²) in [6.45, 7) is 2.70. The maximum absolute atomic E-state index is 13.7. The number of hydrogen-bond donors (Lipinski definition) is 1. The Kier molecular flexibility index (Phi) is 5.01. The number of fused-ring (bicyclic) bond motifs is 3. The smallest absolute Gasteiger partial charge is 0.271 e. The quantitative estimate of drug-likeness (QED) is 0.651. The van der Waals surface area contributed by atoms with E-state index in [9.17, 15) is 9.59 Å². The van der Waals surface area contributed by atoms with Crippen molar-refractivity contribution in [3.63, 3.8) is 0 Å². The van der Waals surface area contributed by atoms with E-state index in [2.05, 4.69) is 5.32 Å². The van der Waals surface area contributed by atoms with Gasteiger partial charge in [0.15, 0.2) is 0 Å². The second-order valence-corrected chi connectivity index (χ2v) is 9.66. The van der Waals surface area contributed by atoms with Crippen LogP contribution < -0.4 is 10.1 Å². The standard InChI is InChI=1S/C24H27N3O3S/c1-24(23(29)25-18-7-3-4-8-18)15-26-20(13-17-10-11-31-22(17)26)21(28)27(24)14-16-6-5-9-19(12-16)30-2/h5-6,9-13,18H,3-4,7-8,14-15H2,1-2H3,(H,25,29)/t24-/m1/s1. The lowest BCUT2D eigenvalue weighted by Crippen LogP contribution is -2.64. The largest absolute Gasteiger partial charge is 0.497 e. The molecule has 1 atom stereocenters. The monoisotopic (exact) mass is 437 g/mol. The molecule has 31 heavy (non-hydrogen) atoms. The highest BCUT2D eigenvalue weighted by Crippen LogP contribution is 2.36. The van der Waals surface area contributed by atoms with Crippen molar-refractivity contribution in [2.24, 2.45) is 0 Å². The molecule has 0 unspecified atom stereocenters. The molecule has 0 radical (unpaired) electrons. The molecule has 1 saturated carbocycles. The summed E-state index contributed by atoms with van der Waals surface area (Å²) in [5.41, 5.74) is 0.608. The van der Waals surface area contributed by atoms with Crippen LogP contribution in [0.2, 0.25) is 0 Å². The van der Waals surface area contributed by atoms with E-state index in [1.165, 1.54) is 0 Å². The summed E-state index contributed by atoms with van der Waals surface area (Å²) in [4.78, 5) is 30.1. The molecule has 1 aliphatic heterocycles. The SMILES string of the molecule is COc1cccc(CN2C(=O)c3cc4ccsc4n3C[C@]2(C)C(=O)NC2CCCC2)c1. The first-order valence-corrected chi connectivity index (χ1v) is 11.7. The van der Waals surface area contributed by atoms with Crippen molar-refractivity contribution in [3.05, 3.63) is 53.0 Å². The molecule has 2 aromatic heterocycles. The Bertz CT molecular complexity index is 1140. The second-order valence-electron chi connectivity index (χ2n) is 8.77. The van der Waals surface area contributed by atoms with Gasteiger partial charge in [-0.05, 0) is 55.0 Å². The normalized spacial score (nSPS) is 21.5. The number of hydrogen-bond acceptors (Lipinski definition) is 4. The predicted molar refractivity (Wildman–Crippen MR) is 121 cm³/mol. The van der Waals surface area contributed by atoms with Crippen LogP contribution in [0, 0.1) is 0 Å². The number of rotatable bonds is 5. The van der Waals surface area contributed by atoms with Crippen LogP contribution in [0.25, 0.3) is 10.2 Å². The van der Waals surface area contributed by atoms with Crippen molar-refractivity contribution >= 4 is 33.4 Å². The van der Waals surface area contributed by atoms with Gasteiger partial charge in [-0.1, -0.05) is 25.0 Å². The van der Waals surface area contributed by atoms with Gasteiger partial charge in [0.1, 0.15) is 21.8 Å². The van der Waals surface area contributed by atoms with Gasteiger partial charge in [0.25, 0.3) is 5.91 Å². The number of amides is 2. The number of thiophene rings is 1. The van der Waals surface area contributed by atoms with Crippen LogP contribution in [0.3, 0.4) is 0 Å². The molecule has 1 aromatic carbocycles. The van der Waals surface area contributed by atoms with Gasteiger partial charge in [0, 0.05) is 18.0 Å². The highest BCUT2D eigenvalue weighted by molar-refractivity contribution is 7.16. The Labute approximate surface area is 185 Å². The van der Waals surface area contributed by atoms with Gasteiger partial charge in [-0.25, -0.2) is 0 Å². The van der Waals surface area contributed by atoms with Crippen LogP contribution in [-0.2, 0) is 17.9 Å². The first-order chi connectivity index (χ1) is 15.0. The van der Waals surface area contributed by atoms with Crippen molar-refractivity contribution < 1.29 is 14.3 Å². The third-order valence-electron chi connectivity index (χ3n) is 6.68. The number of nitrogens with zero attached hydrogens (tertiary/aromatic N) is 2. The molecule has 3 heterocycles. The van der Waals surface area contributed by atoms with E-state index in [0.717, 1.165) is 47.2 Å². The van der Waals surface area contributed by atoms with E-state index >= 15 is 0 Å². The fraction of sp³-hybridized carbons (Fsp3) is 0.417. The molecule has 6 nitrogen and oxygen atoms in total. The number of aromatic nitrogens is 1. The number of carbonyl (C=O) groups excluding carboxylic acids is 2. The van der Waals surface area contributed by atoms with Gasteiger partial charge in [0.05, 0.1) is 13.7 Å². The first-order valence-electron chi connectivity index (χ1n) is 10.8. The fourth-order valence-electron chi connectivity index (χ4n) is 4.87. The molecule has 0 saturated heterocycles. The van der Waals surface area contributed by atoms with E-state index in [-0.39, 0.29) is 17.9 Å². The summed E-state index contributed by atoms with van der Waals surface area (Å²) in [5, 5.41) is 6.33. The number of nitrogens with one attached hydrogen (secondary N) is 1. The number of benzene rings is 1. The Morgan fingerprint density at radius 3 is 2.84 bits per heavy atom. The minimum Gasteiger partial charge on any atom is -0.497 e. The summed E-state index contributed by atoms with van der Waals surface area (Å²) in [6, 6.07) is 11.9. The van der Waals surface area contributed by atoms with Gasteiger partial charge < -0.3 is 19.5 Å². The second kappa shape index (κ2) is 7.71. The average molecular weight is 438 g/mol. The molecule has 2 aliphatic rings. The third-order valence-corrected chi connectivity index (χ3v) is 7.63. The Balaban J connectivity index is 1.54. The van der Waals surface area contributed by atoms with E-state index in [4.69, 9.17) is 4.74 Å². The van der Waals surface area contributed by atoms with Crippen LogP contribution >= 0.6 is 11.3 Å². The predicted octanol–water partition coefficient (Wildman–Crippen LogP) is 4.18. The van der Waals surface area contributed by atoms with Crippen LogP contribution in [0.15, 0.2) is 41.8 Å². The van der Waals surface area contributed by atoms with Gasteiger partial charge in [-0.3, -0.25) is 9.59 Å². The maximum atomic E-state index is 13.7. The zero-order valence-corrected chi connectivity index (χ0v) is 18.7. The lowest BCUT2D eigenvalue weighted by molar-refractivity contribution is -0.133. The zero-order valence-electron chi connectivity index (χ0n) is 17.9. The van der Waals surface area contributed by atoms with E-state index in [1.54, 1.807) is 23.3 Å². The van der Waals surface area contributed by atoms with Gasteiger partial charge in [-0.2, -0.15) is 0 Å². The highest BCUT2D eigenvalue weighted by atomic mass is 32.1. The molecule has 0 bridgehead atoms. The average Bonchev–Trinajstić information content (AvgIpc) is 3.50. The molecular formula is C24H27N3O3S. The third kappa shape index (κ3) is 3.41. The van der Waals surface area contributed by atoms with E-state index in [1.807, 2.05) is 53.3 Å². The van der Waals surface area contributed by atoms with E-state index in [0.29, 0.717) is 18.8 Å². The van der Waals surface area contributed by atoms with Crippen molar-refractivity contribution in [2.75, 3.05) is 7.11 Å². The van der Waals surface area contributed by atoms with Crippen molar-refractivity contribution in [2.45, 2.75) is 57.3 Å². The summed E-state index contributed by atoms with van der Waals surface area (Å²) in [7, 11) is 1.63. The molecule has 162 valence electrons. The molecule has 3 aromatic rings. The molecule has 7 heteroatoms. The maximum Gasteiger partial charge on any atom is 0.271 e. The molecule has 1 fully saturated rings. The molecule has 1 N–H and O–H groups in total. The van der Waals surface area contributed by atoms with E-state index < -0.39 is 5.54 Å². The summed E-state index contributed by atoms with van der Waals surface area (Å²) in [5.74, 6) is 0.559. The molecule has 1 aliphatic carbocycles. The number of carbonyl (C=O) groups is 2. The highest BCUT2D eigenvalue weighted by Gasteiger charge is 2.48. The molecule has 0 spiro atoms. The molecule has 2 amide bonds. The lowest BCUT2D eigenvalue weighted by Gasteiger charge is -2.44.